The molecule has 2 aromatic carbocycles. The number of hydrogen-bond donors (Lipinski definition) is 2. The number of carbonyl (C=O) groups excluding carboxylic acids is 1. The van der Waals surface area contributed by atoms with Crippen molar-refractivity contribution in [2.75, 3.05) is 11.1 Å². The van der Waals surface area contributed by atoms with Crippen LogP contribution in [0.4, 0.5) is 11.4 Å². The number of anilines is 2. The molecule has 0 aliphatic carbocycles. The fourth-order valence-corrected chi connectivity index (χ4v) is 2.46. The van der Waals surface area contributed by atoms with Crippen LogP contribution in [0, 0.1) is 0 Å². The minimum atomic E-state index is -0.339. The van der Waals surface area contributed by atoms with Crippen LogP contribution in [0.5, 0.6) is 0 Å². The molecule has 0 aliphatic rings. The molecule has 0 unspecified atom stereocenters. The van der Waals surface area contributed by atoms with Gasteiger partial charge in [-0.15, -0.1) is 0 Å². The van der Waals surface area contributed by atoms with Gasteiger partial charge in [0, 0.05) is 5.69 Å². The zero-order valence-electron chi connectivity index (χ0n) is 9.58. The summed E-state index contributed by atoms with van der Waals surface area (Å²) in [5.74, 6) is -0.339. The van der Waals surface area contributed by atoms with Gasteiger partial charge < -0.3 is 11.1 Å². The third-order valence-corrected chi connectivity index (χ3v) is 3.99. The predicted molar refractivity (Wildman–Crippen MR) is 83.0 cm³/mol. The third kappa shape index (κ3) is 3.03. The number of carbonyl (C=O) groups is 1. The lowest BCUT2D eigenvalue weighted by atomic mass is 10.2. The molecule has 0 heterocycles. The molecule has 0 bridgehead atoms. The second-order valence-corrected chi connectivity index (χ2v) is 5.37. The van der Waals surface area contributed by atoms with Crippen molar-refractivity contribution >= 4 is 56.4 Å². The highest BCUT2D eigenvalue weighted by molar-refractivity contribution is 9.10. The molecule has 0 aromatic heterocycles. The van der Waals surface area contributed by atoms with Gasteiger partial charge in [0.05, 0.1) is 25.8 Å². The average Bonchev–Trinajstić information content (AvgIpc) is 2.37. The van der Waals surface area contributed by atoms with E-state index in [0.717, 1.165) is 0 Å². The first-order valence-corrected chi connectivity index (χ1v) is 6.85. The molecule has 0 saturated carbocycles. The molecular formula is C13H9BrCl2N2O. The molecule has 98 valence electrons. The molecule has 0 radical (unpaired) electrons. The van der Waals surface area contributed by atoms with Crippen molar-refractivity contribution in [2.24, 2.45) is 0 Å². The van der Waals surface area contributed by atoms with E-state index in [1.54, 1.807) is 36.4 Å². The van der Waals surface area contributed by atoms with Crippen LogP contribution < -0.4 is 11.1 Å². The Morgan fingerprint density at radius 1 is 1.11 bits per heavy atom. The molecule has 0 aliphatic heterocycles. The van der Waals surface area contributed by atoms with Crippen LogP contribution in [0.3, 0.4) is 0 Å². The van der Waals surface area contributed by atoms with Crippen molar-refractivity contribution < 1.29 is 4.79 Å². The first-order chi connectivity index (χ1) is 9.00. The zero-order valence-corrected chi connectivity index (χ0v) is 12.7. The van der Waals surface area contributed by atoms with Gasteiger partial charge >= 0.3 is 0 Å². The molecule has 0 atom stereocenters. The van der Waals surface area contributed by atoms with E-state index in [9.17, 15) is 4.79 Å². The second-order valence-electron chi connectivity index (χ2n) is 3.76. The lowest BCUT2D eigenvalue weighted by Crippen LogP contribution is -2.13. The van der Waals surface area contributed by atoms with E-state index in [1.165, 1.54) is 0 Å². The largest absolute Gasteiger partial charge is 0.398 e. The zero-order chi connectivity index (χ0) is 14.0. The number of benzene rings is 2. The smallest absolute Gasteiger partial charge is 0.256 e. The van der Waals surface area contributed by atoms with Gasteiger partial charge in [-0.1, -0.05) is 35.3 Å². The first-order valence-electron chi connectivity index (χ1n) is 5.30. The number of halogens is 3. The molecule has 3 N–H and O–H groups in total. The lowest BCUT2D eigenvalue weighted by molar-refractivity contribution is 0.102. The summed E-state index contributed by atoms with van der Waals surface area (Å²) in [7, 11) is 0. The monoisotopic (exact) mass is 358 g/mol. The van der Waals surface area contributed by atoms with Crippen LogP contribution in [-0.4, -0.2) is 5.91 Å². The number of rotatable bonds is 2. The summed E-state index contributed by atoms with van der Waals surface area (Å²) in [6, 6.07) is 10.1. The standard InChI is InChI=1S/C13H9BrCl2N2O/c14-11-7(3-1-6-10(11)17)13(19)18-12-8(15)4-2-5-9(12)16/h1-6H,17H2,(H,18,19). The second kappa shape index (κ2) is 5.82. The summed E-state index contributed by atoms with van der Waals surface area (Å²) in [6.07, 6.45) is 0. The van der Waals surface area contributed by atoms with Crippen LogP contribution in [0.15, 0.2) is 40.9 Å². The highest BCUT2D eigenvalue weighted by Gasteiger charge is 2.14. The number of nitrogens with two attached hydrogens (primary N) is 1. The van der Waals surface area contributed by atoms with Gasteiger partial charge in [-0.05, 0) is 40.2 Å². The van der Waals surface area contributed by atoms with Gasteiger partial charge in [0.2, 0.25) is 0 Å². The Hall–Kier alpha value is -1.23. The SMILES string of the molecule is Nc1cccc(C(=O)Nc2c(Cl)cccc2Cl)c1Br. The summed E-state index contributed by atoms with van der Waals surface area (Å²) in [6.45, 7) is 0. The van der Waals surface area contributed by atoms with Crippen LogP contribution in [0.2, 0.25) is 10.0 Å². The number of nitrogen functional groups attached to an aromatic ring is 1. The van der Waals surface area contributed by atoms with Crippen LogP contribution in [0.25, 0.3) is 0 Å². The number of hydrogen-bond acceptors (Lipinski definition) is 2. The fraction of sp³-hybridized carbons (Fsp3) is 0. The molecule has 0 spiro atoms. The van der Waals surface area contributed by atoms with Gasteiger partial charge in [-0.3, -0.25) is 4.79 Å². The Morgan fingerprint density at radius 2 is 1.68 bits per heavy atom. The Labute approximate surface area is 128 Å². The van der Waals surface area contributed by atoms with Gasteiger partial charge in [-0.25, -0.2) is 0 Å². The van der Waals surface area contributed by atoms with E-state index in [-0.39, 0.29) is 5.91 Å². The van der Waals surface area contributed by atoms with E-state index < -0.39 is 0 Å². The van der Waals surface area contributed by atoms with E-state index in [4.69, 9.17) is 28.9 Å². The molecule has 1 amide bonds. The van der Waals surface area contributed by atoms with E-state index in [1.807, 2.05) is 0 Å². The molecular weight excluding hydrogens is 351 g/mol. The predicted octanol–water partition coefficient (Wildman–Crippen LogP) is 4.59. The first kappa shape index (κ1) is 14.2. The minimum Gasteiger partial charge on any atom is -0.398 e. The summed E-state index contributed by atoms with van der Waals surface area (Å²) in [4.78, 5) is 12.2. The van der Waals surface area contributed by atoms with Crippen molar-refractivity contribution in [1.29, 1.82) is 0 Å². The topological polar surface area (TPSA) is 55.1 Å². The van der Waals surface area contributed by atoms with Crippen molar-refractivity contribution in [3.63, 3.8) is 0 Å². The van der Waals surface area contributed by atoms with Crippen LogP contribution in [-0.2, 0) is 0 Å². The van der Waals surface area contributed by atoms with Gasteiger partial charge in [0.15, 0.2) is 0 Å². The Bertz CT molecular complexity index is 626. The van der Waals surface area contributed by atoms with Crippen LogP contribution in [0.1, 0.15) is 10.4 Å². The van der Waals surface area contributed by atoms with E-state index in [2.05, 4.69) is 21.2 Å². The average molecular weight is 360 g/mol. The maximum absolute atomic E-state index is 12.2. The molecule has 2 rings (SSSR count). The van der Waals surface area contributed by atoms with Gasteiger partial charge in [-0.2, -0.15) is 0 Å². The molecule has 0 fully saturated rings. The van der Waals surface area contributed by atoms with Crippen molar-refractivity contribution in [2.45, 2.75) is 0 Å². The maximum atomic E-state index is 12.2. The van der Waals surface area contributed by atoms with Crippen molar-refractivity contribution in [1.82, 2.24) is 0 Å². The van der Waals surface area contributed by atoms with Crippen molar-refractivity contribution in [3.05, 3.63) is 56.5 Å². The number of para-hydroxylation sites is 1. The molecule has 6 heteroatoms. The van der Waals surface area contributed by atoms with E-state index >= 15 is 0 Å². The highest BCUT2D eigenvalue weighted by Crippen LogP contribution is 2.31. The highest BCUT2D eigenvalue weighted by atomic mass is 79.9. The van der Waals surface area contributed by atoms with Crippen LogP contribution >= 0.6 is 39.1 Å². The van der Waals surface area contributed by atoms with Gasteiger partial charge in [0.1, 0.15) is 0 Å². The fourth-order valence-electron chi connectivity index (χ4n) is 1.52. The summed E-state index contributed by atoms with van der Waals surface area (Å²) >= 11 is 15.3. The maximum Gasteiger partial charge on any atom is 0.256 e. The van der Waals surface area contributed by atoms with E-state index in [0.29, 0.717) is 31.5 Å². The molecule has 19 heavy (non-hydrogen) atoms. The third-order valence-electron chi connectivity index (χ3n) is 2.47. The Morgan fingerprint density at radius 3 is 2.32 bits per heavy atom. The normalized spacial score (nSPS) is 10.3. The lowest BCUT2D eigenvalue weighted by Gasteiger charge is -2.11. The summed E-state index contributed by atoms with van der Waals surface area (Å²) in [5.41, 5.74) is 7.01. The Kier molecular flexibility index (Phi) is 4.34. The molecule has 0 saturated heterocycles. The number of nitrogens with one attached hydrogen (secondary N) is 1. The minimum absolute atomic E-state index is 0.339. The molecule has 2 aromatic rings. The molecule has 3 nitrogen and oxygen atoms in total. The quantitative estimate of drug-likeness (QED) is 0.770. The summed E-state index contributed by atoms with van der Waals surface area (Å²) < 4.78 is 0.538. The number of amides is 1. The Balaban J connectivity index is 2.34. The van der Waals surface area contributed by atoms with Crippen molar-refractivity contribution in [3.8, 4) is 0 Å². The summed E-state index contributed by atoms with van der Waals surface area (Å²) in [5, 5.41) is 3.43. The van der Waals surface area contributed by atoms with Gasteiger partial charge in [0.25, 0.3) is 5.91 Å².